The number of anilines is 1. The molecule has 0 saturated carbocycles. The minimum absolute atomic E-state index is 0.0581. The Kier molecular flexibility index (Phi) is 7.72. The molecule has 0 spiro atoms. The molecule has 0 heterocycles. The van der Waals surface area contributed by atoms with E-state index in [1.807, 2.05) is 0 Å². The van der Waals surface area contributed by atoms with Crippen LogP contribution in [0.1, 0.15) is 31.1 Å². The van der Waals surface area contributed by atoms with E-state index in [2.05, 4.69) is 10.6 Å². The molecule has 28 heavy (non-hydrogen) atoms. The van der Waals surface area contributed by atoms with Gasteiger partial charge in [0, 0.05) is 13.1 Å². The third-order valence-corrected chi connectivity index (χ3v) is 3.20. The topological polar surface area (TPSA) is 146 Å². The number of alkyl carbamates (subject to hydrolysis) is 1. The Morgan fingerprint density at radius 2 is 1.93 bits per heavy atom. The number of rotatable bonds is 8. The fourth-order valence-corrected chi connectivity index (χ4v) is 2.09. The maximum atomic E-state index is 14.3. The Morgan fingerprint density at radius 1 is 1.32 bits per heavy atom. The molecule has 0 fully saturated rings. The van der Waals surface area contributed by atoms with Crippen LogP contribution >= 0.6 is 0 Å². The first-order valence-electron chi connectivity index (χ1n) is 8.18. The summed E-state index contributed by atoms with van der Waals surface area (Å²) in [6, 6.07) is 0.987. The second-order valence-electron chi connectivity index (χ2n) is 6.52. The average molecular weight is 398 g/mol. The monoisotopic (exact) mass is 398 g/mol. The van der Waals surface area contributed by atoms with E-state index in [1.54, 1.807) is 32.9 Å². The van der Waals surface area contributed by atoms with Gasteiger partial charge in [0.05, 0.1) is 17.6 Å². The van der Waals surface area contributed by atoms with Crippen LogP contribution in [0, 0.1) is 15.9 Å². The van der Waals surface area contributed by atoms with E-state index in [1.165, 1.54) is 7.11 Å². The maximum absolute atomic E-state index is 14.3. The van der Waals surface area contributed by atoms with Crippen molar-refractivity contribution in [1.82, 2.24) is 5.32 Å². The molecule has 0 bridgehead atoms. The number of hydrogen-bond acceptors (Lipinski definition) is 7. The molecule has 1 aromatic rings. The van der Waals surface area contributed by atoms with Crippen LogP contribution in [-0.2, 0) is 4.74 Å². The zero-order chi connectivity index (χ0) is 21.5. The maximum Gasteiger partial charge on any atom is 0.407 e. The smallest absolute Gasteiger partial charge is 0.407 e. The lowest BCUT2D eigenvalue weighted by Crippen LogP contribution is -2.32. The quantitative estimate of drug-likeness (QED) is 0.346. The summed E-state index contributed by atoms with van der Waals surface area (Å²) in [7, 11) is 1.22. The highest BCUT2D eigenvalue weighted by molar-refractivity contribution is 5.96. The van der Waals surface area contributed by atoms with Gasteiger partial charge in [-0.25, -0.2) is 4.79 Å². The fraction of sp³-hybridized carbons (Fsp3) is 0.412. The Labute approximate surface area is 161 Å². The number of ether oxygens (including phenoxy) is 2. The predicted octanol–water partition coefficient (Wildman–Crippen LogP) is 2.33. The zero-order valence-electron chi connectivity index (χ0n) is 16.0. The third-order valence-electron chi connectivity index (χ3n) is 3.20. The first-order chi connectivity index (χ1) is 13.0. The van der Waals surface area contributed by atoms with E-state index in [-0.39, 0.29) is 24.5 Å². The minimum Gasteiger partial charge on any atom is -0.494 e. The van der Waals surface area contributed by atoms with Gasteiger partial charge in [0.1, 0.15) is 11.4 Å². The van der Waals surface area contributed by atoms with Gasteiger partial charge in [0.2, 0.25) is 5.82 Å². The van der Waals surface area contributed by atoms with Crippen LogP contribution in [-0.4, -0.2) is 42.7 Å². The zero-order valence-corrected chi connectivity index (χ0v) is 16.0. The van der Waals surface area contributed by atoms with Crippen LogP contribution in [0.15, 0.2) is 18.2 Å². The van der Waals surface area contributed by atoms with Crippen molar-refractivity contribution in [1.29, 1.82) is 0 Å². The molecule has 0 aliphatic heterocycles. The number of primary amides is 1. The van der Waals surface area contributed by atoms with Crippen LogP contribution in [0.25, 0.3) is 0 Å². The summed E-state index contributed by atoms with van der Waals surface area (Å²) in [6.45, 7) is 5.41. The molecule has 2 amide bonds. The minimum atomic E-state index is -1.35. The van der Waals surface area contributed by atoms with Gasteiger partial charge in [-0.1, -0.05) is 12.2 Å². The van der Waals surface area contributed by atoms with Crippen molar-refractivity contribution in [3.63, 3.8) is 0 Å². The first-order valence-corrected chi connectivity index (χ1v) is 8.18. The van der Waals surface area contributed by atoms with Gasteiger partial charge in [-0.2, -0.15) is 4.39 Å². The Morgan fingerprint density at radius 3 is 2.43 bits per heavy atom. The van der Waals surface area contributed by atoms with Crippen LogP contribution in [0.5, 0.6) is 5.75 Å². The summed E-state index contributed by atoms with van der Waals surface area (Å²) in [4.78, 5) is 33.0. The van der Waals surface area contributed by atoms with E-state index < -0.39 is 39.6 Å². The van der Waals surface area contributed by atoms with Crippen molar-refractivity contribution in [2.45, 2.75) is 26.4 Å². The van der Waals surface area contributed by atoms with Crippen molar-refractivity contribution in [2.75, 3.05) is 25.5 Å². The summed E-state index contributed by atoms with van der Waals surface area (Å²) in [6.07, 6.45) is 2.54. The van der Waals surface area contributed by atoms with Gasteiger partial charge < -0.3 is 25.8 Å². The summed E-state index contributed by atoms with van der Waals surface area (Å²) in [5.41, 5.74) is 2.59. The van der Waals surface area contributed by atoms with Crippen LogP contribution in [0.3, 0.4) is 0 Å². The molecule has 4 N–H and O–H groups in total. The number of hydrogen-bond donors (Lipinski definition) is 3. The lowest BCUT2D eigenvalue weighted by atomic mass is 10.1. The normalized spacial score (nSPS) is 11.2. The van der Waals surface area contributed by atoms with E-state index in [0.29, 0.717) is 0 Å². The van der Waals surface area contributed by atoms with Gasteiger partial charge in [0.25, 0.3) is 5.91 Å². The lowest BCUT2D eigenvalue weighted by Gasteiger charge is -2.19. The van der Waals surface area contributed by atoms with Gasteiger partial charge in [-0.15, -0.1) is 0 Å². The predicted molar refractivity (Wildman–Crippen MR) is 100.0 cm³/mol. The average Bonchev–Trinajstić information content (AvgIpc) is 2.55. The van der Waals surface area contributed by atoms with Gasteiger partial charge in [-0.05, 0) is 26.8 Å². The number of methoxy groups -OCH3 is 1. The molecule has 0 saturated heterocycles. The molecule has 1 aromatic carbocycles. The summed E-state index contributed by atoms with van der Waals surface area (Å²) in [5.74, 6) is -2.61. The second-order valence-corrected chi connectivity index (χ2v) is 6.52. The van der Waals surface area contributed by atoms with Crippen molar-refractivity contribution in [3.05, 3.63) is 39.7 Å². The first kappa shape index (κ1) is 22.7. The Hall–Kier alpha value is -3.37. The van der Waals surface area contributed by atoms with Crippen LogP contribution in [0.2, 0.25) is 0 Å². The number of nitro benzene ring substituents is 1. The van der Waals surface area contributed by atoms with Crippen molar-refractivity contribution >= 4 is 23.4 Å². The number of carbonyl (C=O) groups is 2. The Balaban J connectivity index is 2.84. The van der Waals surface area contributed by atoms with Gasteiger partial charge in [0.15, 0.2) is 5.69 Å². The largest absolute Gasteiger partial charge is 0.494 e. The van der Waals surface area contributed by atoms with Crippen molar-refractivity contribution in [2.24, 2.45) is 5.73 Å². The molecule has 0 aliphatic carbocycles. The van der Waals surface area contributed by atoms with Crippen LogP contribution < -0.4 is 21.1 Å². The highest BCUT2D eigenvalue weighted by Gasteiger charge is 2.29. The molecule has 0 radical (unpaired) electrons. The SMILES string of the molecule is COc1cc(C(N)=O)c(F)c([N+](=O)[O-])c1NC/C=C/CNC(=O)OC(C)(C)C. The molecular formula is C17H23FN4O6. The molecule has 0 aliphatic rings. The number of nitro groups is 1. The second kappa shape index (κ2) is 9.53. The fourth-order valence-electron chi connectivity index (χ4n) is 2.09. The molecule has 1 rings (SSSR count). The van der Waals surface area contributed by atoms with E-state index in [9.17, 15) is 24.1 Å². The molecule has 10 nitrogen and oxygen atoms in total. The molecule has 0 atom stereocenters. The standard InChI is InChI=1S/C17H23FN4O6/c1-17(2,3)28-16(24)21-8-6-5-7-20-13-11(27-4)9-10(15(19)23)12(18)14(13)22(25)26/h5-6,9,20H,7-8H2,1-4H3,(H2,19,23)(H,21,24)/b6-5+. The highest BCUT2D eigenvalue weighted by Crippen LogP contribution is 2.38. The van der Waals surface area contributed by atoms with Crippen LogP contribution in [0.4, 0.5) is 20.6 Å². The van der Waals surface area contributed by atoms with E-state index >= 15 is 0 Å². The highest BCUT2D eigenvalue weighted by atomic mass is 19.1. The number of carbonyl (C=O) groups excluding carboxylic acids is 2. The summed E-state index contributed by atoms with van der Waals surface area (Å²) in [5, 5.41) is 16.4. The van der Waals surface area contributed by atoms with Crippen molar-refractivity contribution < 1.29 is 28.4 Å². The molecular weight excluding hydrogens is 375 g/mol. The van der Waals surface area contributed by atoms with E-state index in [4.69, 9.17) is 15.2 Å². The number of halogens is 1. The summed E-state index contributed by atoms with van der Waals surface area (Å²) >= 11 is 0. The van der Waals surface area contributed by atoms with Gasteiger partial charge in [-0.3, -0.25) is 14.9 Å². The molecule has 154 valence electrons. The number of nitrogens with zero attached hydrogens (tertiary/aromatic N) is 1. The molecule has 11 heteroatoms. The van der Waals surface area contributed by atoms with E-state index in [0.717, 1.165) is 6.07 Å². The van der Waals surface area contributed by atoms with Gasteiger partial charge >= 0.3 is 11.8 Å². The number of benzene rings is 1. The number of nitrogens with one attached hydrogen (secondary N) is 2. The molecule has 0 aromatic heterocycles. The van der Waals surface area contributed by atoms with Crippen molar-refractivity contribution in [3.8, 4) is 5.75 Å². The number of amides is 2. The number of nitrogens with two attached hydrogens (primary N) is 1. The lowest BCUT2D eigenvalue weighted by molar-refractivity contribution is -0.386. The third kappa shape index (κ3) is 6.41. The molecule has 0 unspecified atom stereocenters. The summed E-state index contributed by atoms with van der Waals surface area (Å²) < 4.78 is 24.3. The Bertz CT molecular complexity index is 789.